The van der Waals surface area contributed by atoms with E-state index in [9.17, 15) is 0 Å². The molecule has 1 atom stereocenters. The lowest BCUT2D eigenvalue weighted by atomic mass is 10.1. The summed E-state index contributed by atoms with van der Waals surface area (Å²) in [5, 5.41) is 3.12. The molecule has 0 saturated heterocycles. The Morgan fingerprint density at radius 2 is 1.92 bits per heavy atom. The Morgan fingerprint density at radius 3 is 2.54 bits per heavy atom. The average Bonchev–Trinajstić information content (AvgIpc) is 2.57. The molecule has 3 N–H and O–H groups in total. The van der Waals surface area contributed by atoms with Crippen molar-refractivity contribution in [2.75, 3.05) is 33.1 Å². The number of anilines is 1. The van der Waals surface area contributed by atoms with Crippen LogP contribution in [0.25, 0.3) is 0 Å². The molecule has 0 saturated carbocycles. The van der Waals surface area contributed by atoms with Gasteiger partial charge in [0.2, 0.25) is 0 Å². The SMILES string of the molecule is COc1cccc(C(CN=C(N)Nc2ccc(C)cc2)N(C)C)c1. The minimum atomic E-state index is 0.124. The van der Waals surface area contributed by atoms with Crippen molar-refractivity contribution in [3.8, 4) is 5.75 Å². The minimum absolute atomic E-state index is 0.124. The Hall–Kier alpha value is -2.53. The maximum atomic E-state index is 6.02. The number of aliphatic imine (C=N–C) groups is 1. The van der Waals surface area contributed by atoms with E-state index in [1.165, 1.54) is 5.56 Å². The second kappa shape index (κ2) is 8.36. The molecule has 0 amide bonds. The standard InChI is InChI=1S/C19H26N4O/c1-14-8-10-16(11-9-14)22-19(20)21-13-18(23(2)3)15-6-5-7-17(12-15)24-4/h5-12,18H,13H2,1-4H3,(H3,20,21,22). The molecule has 128 valence electrons. The normalized spacial score (nSPS) is 13.0. The monoisotopic (exact) mass is 326 g/mol. The van der Waals surface area contributed by atoms with Gasteiger partial charge in [-0.15, -0.1) is 0 Å². The number of likely N-dealkylation sites (N-methyl/N-ethyl adjacent to an activating group) is 1. The number of aryl methyl sites for hydroxylation is 1. The zero-order valence-corrected chi connectivity index (χ0v) is 14.8. The van der Waals surface area contributed by atoms with Crippen LogP contribution in [0, 0.1) is 6.92 Å². The van der Waals surface area contributed by atoms with Crippen LogP contribution in [0.15, 0.2) is 53.5 Å². The van der Waals surface area contributed by atoms with E-state index in [0.717, 1.165) is 17.0 Å². The molecule has 0 aliphatic rings. The smallest absolute Gasteiger partial charge is 0.193 e. The van der Waals surface area contributed by atoms with Gasteiger partial charge in [0.1, 0.15) is 5.75 Å². The largest absolute Gasteiger partial charge is 0.497 e. The lowest BCUT2D eigenvalue weighted by Crippen LogP contribution is -2.27. The lowest BCUT2D eigenvalue weighted by Gasteiger charge is -2.23. The number of nitrogens with one attached hydrogen (secondary N) is 1. The molecule has 0 aliphatic heterocycles. The van der Waals surface area contributed by atoms with Gasteiger partial charge < -0.3 is 20.7 Å². The zero-order valence-electron chi connectivity index (χ0n) is 14.8. The van der Waals surface area contributed by atoms with Crippen molar-refractivity contribution in [2.45, 2.75) is 13.0 Å². The number of hydrogen-bond donors (Lipinski definition) is 2. The molecule has 1 unspecified atom stereocenters. The number of guanidine groups is 1. The molecule has 5 heteroatoms. The quantitative estimate of drug-likeness (QED) is 0.633. The summed E-state index contributed by atoms with van der Waals surface area (Å²) in [5.41, 5.74) is 9.31. The van der Waals surface area contributed by atoms with Crippen LogP contribution in [0.5, 0.6) is 5.75 Å². The van der Waals surface area contributed by atoms with Crippen molar-refractivity contribution in [1.82, 2.24) is 4.90 Å². The van der Waals surface area contributed by atoms with Gasteiger partial charge >= 0.3 is 0 Å². The van der Waals surface area contributed by atoms with Crippen molar-refractivity contribution < 1.29 is 4.74 Å². The van der Waals surface area contributed by atoms with Crippen molar-refractivity contribution in [2.24, 2.45) is 10.7 Å². The van der Waals surface area contributed by atoms with Gasteiger partial charge in [-0.25, -0.2) is 0 Å². The maximum absolute atomic E-state index is 6.02. The lowest BCUT2D eigenvalue weighted by molar-refractivity contribution is 0.305. The Balaban J connectivity index is 2.08. The van der Waals surface area contributed by atoms with Crippen LogP contribution in [0.1, 0.15) is 17.2 Å². The molecular weight excluding hydrogens is 300 g/mol. The highest BCUT2D eigenvalue weighted by Crippen LogP contribution is 2.23. The number of hydrogen-bond acceptors (Lipinski definition) is 3. The van der Waals surface area contributed by atoms with E-state index in [0.29, 0.717) is 12.5 Å². The summed E-state index contributed by atoms with van der Waals surface area (Å²) in [4.78, 5) is 6.62. The van der Waals surface area contributed by atoms with Crippen LogP contribution in [0.3, 0.4) is 0 Å². The van der Waals surface area contributed by atoms with Crippen LogP contribution in [-0.4, -0.2) is 38.6 Å². The molecule has 0 radical (unpaired) electrons. The molecule has 2 aromatic rings. The van der Waals surface area contributed by atoms with E-state index in [1.54, 1.807) is 7.11 Å². The van der Waals surface area contributed by atoms with Gasteiger partial charge in [-0.2, -0.15) is 0 Å². The summed E-state index contributed by atoms with van der Waals surface area (Å²) in [6.07, 6.45) is 0. The Bertz CT molecular complexity index is 680. The predicted molar refractivity (Wildman–Crippen MR) is 101 cm³/mol. The van der Waals surface area contributed by atoms with Crippen molar-refractivity contribution in [1.29, 1.82) is 0 Å². The maximum Gasteiger partial charge on any atom is 0.193 e. The summed E-state index contributed by atoms with van der Waals surface area (Å²) < 4.78 is 5.31. The molecule has 0 fully saturated rings. The minimum Gasteiger partial charge on any atom is -0.497 e. The highest BCUT2D eigenvalue weighted by atomic mass is 16.5. The van der Waals surface area contributed by atoms with Crippen molar-refractivity contribution >= 4 is 11.6 Å². The first-order valence-corrected chi connectivity index (χ1v) is 7.93. The first-order valence-electron chi connectivity index (χ1n) is 7.93. The van der Waals surface area contributed by atoms with Crippen molar-refractivity contribution in [3.05, 3.63) is 59.7 Å². The first kappa shape index (κ1) is 17.8. The third-order valence-electron chi connectivity index (χ3n) is 3.86. The third-order valence-corrected chi connectivity index (χ3v) is 3.86. The summed E-state index contributed by atoms with van der Waals surface area (Å²) >= 11 is 0. The average molecular weight is 326 g/mol. The summed E-state index contributed by atoms with van der Waals surface area (Å²) in [6, 6.07) is 16.2. The number of ether oxygens (including phenoxy) is 1. The van der Waals surface area contributed by atoms with E-state index in [4.69, 9.17) is 10.5 Å². The van der Waals surface area contributed by atoms with Gasteiger partial charge in [0.15, 0.2) is 5.96 Å². The number of nitrogens with two attached hydrogens (primary N) is 1. The van der Waals surface area contributed by atoms with Gasteiger partial charge in [0, 0.05) is 5.69 Å². The van der Waals surface area contributed by atoms with Gasteiger partial charge in [-0.1, -0.05) is 29.8 Å². The van der Waals surface area contributed by atoms with Crippen LogP contribution in [-0.2, 0) is 0 Å². The molecule has 0 bridgehead atoms. The number of methoxy groups -OCH3 is 1. The van der Waals surface area contributed by atoms with E-state index >= 15 is 0 Å². The van der Waals surface area contributed by atoms with Gasteiger partial charge in [-0.3, -0.25) is 4.99 Å². The second-order valence-electron chi connectivity index (χ2n) is 5.97. The fraction of sp³-hybridized carbons (Fsp3) is 0.316. The first-order chi connectivity index (χ1) is 11.5. The van der Waals surface area contributed by atoms with Crippen molar-refractivity contribution in [3.63, 3.8) is 0 Å². The molecule has 2 aromatic carbocycles. The fourth-order valence-electron chi connectivity index (χ4n) is 2.42. The van der Waals surface area contributed by atoms with Crippen LogP contribution in [0.4, 0.5) is 5.69 Å². The fourth-order valence-corrected chi connectivity index (χ4v) is 2.42. The molecule has 2 rings (SSSR count). The highest BCUT2D eigenvalue weighted by Gasteiger charge is 2.14. The van der Waals surface area contributed by atoms with Gasteiger partial charge in [-0.05, 0) is 50.8 Å². The summed E-state index contributed by atoms with van der Waals surface area (Å²) in [6.45, 7) is 2.61. The number of nitrogens with zero attached hydrogens (tertiary/aromatic N) is 2. The summed E-state index contributed by atoms with van der Waals surface area (Å²) in [5.74, 6) is 1.25. The van der Waals surface area contributed by atoms with Gasteiger partial charge in [0.25, 0.3) is 0 Å². The van der Waals surface area contributed by atoms with E-state index in [2.05, 4.69) is 28.2 Å². The topological polar surface area (TPSA) is 62.9 Å². The van der Waals surface area contributed by atoms with Crippen LogP contribution >= 0.6 is 0 Å². The second-order valence-corrected chi connectivity index (χ2v) is 5.97. The molecule has 24 heavy (non-hydrogen) atoms. The molecule has 0 aromatic heterocycles. The highest BCUT2D eigenvalue weighted by molar-refractivity contribution is 5.92. The van der Waals surface area contributed by atoms with E-state index in [1.807, 2.05) is 56.6 Å². The molecular formula is C19H26N4O. The molecule has 5 nitrogen and oxygen atoms in total. The Labute approximate surface area is 144 Å². The van der Waals surface area contributed by atoms with E-state index < -0.39 is 0 Å². The van der Waals surface area contributed by atoms with E-state index in [-0.39, 0.29) is 6.04 Å². The number of benzene rings is 2. The Morgan fingerprint density at radius 1 is 1.21 bits per heavy atom. The predicted octanol–water partition coefficient (Wildman–Crippen LogP) is 3.03. The van der Waals surface area contributed by atoms with Crippen LogP contribution in [0.2, 0.25) is 0 Å². The number of rotatable bonds is 6. The molecule has 0 heterocycles. The van der Waals surface area contributed by atoms with Gasteiger partial charge in [0.05, 0.1) is 19.7 Å². The molecule has 0 aliphatic carbocycles. The summed E-state index contributed by atoms with van der Waals surface area (Å²) in [7, 11) is 5.73. The van der Waals surface area contributed by atoms with Crippen LogP contribution < -0.4 is 15.8 Å². The third kappa shape index (κ3) is 4.99. The zero-order chi connectivity index (χ0) is 17.5. The Kier molecular flexibility index (Phi) is 6.21. The molecule has 0 spiro atoms.